The summed E-state index contributed by atoms with van der Waals surface area (Å²) in [5.74, 6) is 0. The van der Waals surface area contributed by atoms with Crippen molar-refractivity contribution in [2.75, 3.05) is 6.54 Å². The van der Waals surface area contributed by atoms with Gasteiger partial charge in [-0.2, -0.15) is 0 Å². The molecule has 3 heteroatoms. The third-order valence-electron chi connectivity index (χ3n) is 2.05. The summed E-state index contributed by atoms with van der Waals surface area (Å²) in [6.45, 7) is 2.93. The zero-order valence-corrected chi connectivity index (χ0v) is 8.57. The Morgan fingerprint density at radius 3 is 2.50 bits per heavy atom. The Morgan fingerprint density at radius 2 is 1.93 bits per heavy atom. The van der Waals surface area contributed by atoms with Crippen molar-refractivity contribution in [2.24, 2.45) is 11.5 Å². The first-order valence-corrected chi connectivity index (χ1v) is 4.81. The monoisotopic (exact) mass is 194 g/mol. The van der Waals surface area contributed by atoms with Gasteiger partial charge in [-0.3, -0.25) is 0 Å². The molecule has 3 nitrogen and oxygen atoms in total. The Bertz CT molecular complexity index is 259. The lowest BCUT2D eigenvalue weighted by Crippen LogP contribution is -2.41. The number of ether oxygens (including phenoxy) is 1. The van der Waals surface area contributed by atoms with E-state index in [9.17, 15) is 0 Å². The van der Waals surface area contributed by atoms with Crippen molar-refractivity contribution in [3.63, 3.8) is 0 Å². The molecule has 0 amide bonds. The fraction of sp³-hybridized carbons (Fsp3) is 0.455. The SMILES string of the molecule is CC(N)(CCN)OCc1ccccc1. The second-order valence-electron chi connectivity index (χ2n) is 3.63. The molecular weight excluding hydrogens is 176 g/mol. The lowest BCUT2D eigenvalue weighted by molar-refractivity contribution is -0.0426. The molecule has 78 valence electrons. The number of hydrogen-bond donors (Lipinski definition) is 2. The highest BCUT2D eigenvalue weighted by Gasteiger charge is 2.17. The molecule has 0 fully saturated rings. The second-order valence-corrected chi connectivity index (χ2v) is 3.63. The molecule has 0 heterocycles. The molecule has 0 saturated carbocycles. The highest BCUT2D eigenvalue weighted by atomic mass is 16.5. The summed E-state index contributed by atoms with van der Waals surface area (Å²) in [6.07, 6.45) is 0.667. The third kappa shape index (κ3) is 3.87. The van der Waals surface area contributed by atoms with Crippen LogP contribution in [-0.2, 0) is 11.3 Å². The van der Waals surface area contributed by atoms with E-state index >= 15 is 0 Å². The van der Waals surface area contributed by atoms with Gasteiger partial charge in [0.1, 0.15) is 5.72 Å². The molecular formula is C11H18N2O. The standard InChI is InChI=1S/C11H18N2O/c1-11(13,7-8-12)14-9-10-5-3-2-4-6-10/h2-6H,7-9,12-13H2,1H3. The molecule has 0 saturated heterocycles. The van der Waals surface area contributed by atoms with Crippen LogP contribution in [0.5, 0.6) is 0 Å². The van der Waals surface area contributed by atoms with Crippen LogP contribution in [-0.4, -0.2) is 12.3 Å². The van der Waals surface area contributed by atoms with Crippen LogP contribution < -0.4 is 11.5 Å². The zero-order chi connectivity index (χ0) is 10.4. The van der Waals surface area contributed by atoms with Crippen LogP contribution in [0, 0.1) is 0 Å². The number of nitrogens with two attached hydrogens (primary N) is 2. The maximum atomic E-state index is 5.87. The highest BCUT2D eigenvalue weighted by Crippen LogP contribution is 2.10. The van der Waals surface area contributed by atoms with Crippen LogP contribution in [0.2, 0.25) is 0 Å². The van der Waals surface area contributed by atoms with Gasteiger partial charge in [-0.1, -0.05) is 30.3 Å². The predicted molar refractivity (Wildman–Crippen MR) is 57.5 cm³/mol. The Hall–Kier alpha value is -0.900. The molecule has 0 radical (unpaired) electrons. The minimum atomic E-state index is -0.620. The van der Waals surface area contributed by atoms with Crippen molar-refractivity contribution in [2.45, 2.75) is 25.7 Å². The minimum Gasteiger partial charge on any atom is -0.356 e. The second kappa shape index (κ2) is 5.10. The van der Waals surface area contributed by atoms with Gasteiger partial charge in [0, 0.05) is 6.42 Å². The van der Waals surface area contributed by atoms with Gasteiger partial charge in [-0.25, -0.2) is 0 Å². The fourth-order valence-electron chi connectivity index (χ4n) is 1.18. The zero-order valence-electron chi connectivity index (χ0n) is 8.57. The van der Waals surface area contributed by atoms with Crippen LogP contribution in [0.25, 0.3) is 0 Å². The van der Waals surface area contributed by atoms with Gasteiger partial charge in [0.05, 0.1) is 6.61 Å². The van der Waals surface area contributed by atoms with Crippen molar-refractivity contribution in [3.8, 4) is 0 Å². The molecule has 14 heavy (non-hydrogen) atoms. The fourth-order valence-corrected chi connectivity index (χ4v) is 1.18. The third-order valence-corrected chi connectivity index (χ3v) is 2.05. The first-order valence-electron chi connectivity index (χ1n) is 4.81. The number of benzene rings is 1. The van der Waals surface area contributed by atoms with Crippen LogP contribution >= 0.6 is 0 Å². The molecule has 1 aromatic carbocycles. The average Bonchev–Trinajstić information content (AvgIpc) is 2.17. The van der Waals surface area contributed by atoms with Gasteiger partial charge < -0.3 is 16.2 Å². The van der Waals surface area contributed by atoms with Gasteiger partial charge in [0.15, 0.2) is 0 Å². The largest absolute Gasteiger partial charge is 0.356 e. The van der Waals surface area contributed by atoms with Gasteiger partial charge in [0.2, 0.25) is 0 Å². The quantitative estimate of drug-likeness (QED) is 0.693. The first-order chi connectivity index (χ1) is 6.64. The van der Waals surface area contributed by atoms with Crippen molar-refractivity contribution in [1.82, 2.24) is 0 Å². The summed E-state index contributed by atoms with van der Waals surface area (Å²) in [5.41, 5.74) is 11.8. The highest BCUT2D eigenvalue weighted by molar-refractivity contribution is 5.13. The lowest BCUT2D eigenvalue weighted by atomic mass is 10.2. The summed E-state index contributed by atoms with van der Waals surface area (Å²) in [4.78, 5) is 0. The molecule has 4 N–H and O–H groups in total. The van der Waals surface area contributed by atoms with E-state index in [1.165, 1.54) is 0 Å². The van der Waals surface area contributed by atoms with Gasteiger partial charge in [-0.15, -0.1) is 0 Å². The van der Waals surface area contributed by atoms with E-state index < -0.39 is 5.72 Å². The number of hydrogen-bond acceptors (Lipinski definition) is 3. The molecule has 0 bridgehead atoms. The molecule has 1 atom stereocenters. The molecule has 0 aliphatic rings. The normalized spacial score (nSPS) is 15.1. The Labute approximate surface area is 85.0 Å². The number of rotatable bonds is 5. The van der Waals surface area contributed by atoms with Gasteiger partial charge >= 0.3 is 0 Å². The van der Waals surface area contributed by atoms with E-state index in [1.807, 2.05) is 37.3 Å². The minimum absolute atomic E-state index is 0.536. The molecule has 1 unspecified atom stereocenters. The van der Waals surface area contributed by atoms with Crippen LogP contribution in [0.4, 0.5) is 0 Å². The average molecular weight is 194 g/mol. The van der Waals surface area contributed by atoms with Crippen molar-refractivity contribution < 1.29 is 4.74 Å². The maximum Gasteiger partial charge on any atom is 0.115 e. The molecule has 1 rings (SSSR count). The smallest absolute Gasteiger partial charge is 0.115 e. The van der Waals surface area contributed by atoms with Crippen molar-refractivity contribution in [1.29, 1.82) is 0 Å². The topological polar surface area (TPSA) is 61.3 Å². The molecule has 0 spiro atoms. The van der Waals surface area contributed by atoms with E-state index in [0.29, 0.717) is 19.6 Å². The van der Waals surface area contributed by atoms with E-state index in [4.69, 9.17) is 16.2 Å². The van der Waals surface area contributed by atoms with E-state index in [1.54, 1.807) is 0 Å². The lowest BCUT2D eigenvalue weighted by Gasteiger charge is -2.24. The van der Waals surface area contributed by atoms with Crippen LogP contribution in [0.1, 0.15) is 18.9 Å². The Kier molecular flexibility index (Phi) is 4.07. The molecule has 0 aliphatic heterocycles. The van der Waals surface area contributed by atoms with Gasteiger partial charge in [0.25, 0.3) is 0 Å². The molecule has 0 aromatic heterocycles. The van der Waals surface area contributed by atoms with E-state index in [2.05, 4.69) is 0 Å². The van der Waals surface area contributed by atoms with E-state index in [0.717, 1.165) is 5.56 Å². The first kappa shape index (κ1) is 11.2. The van der Waals surface area contributed by atoms with Crippen LogP contribution in [0.15, 0.2) is 30.3 Å². The van der Waals surface area contributed by atoms with Crippen molar-refractivity contribution in [3.05, 3.63) is 35.9 Å². The summed E-state index contributed by atoms with van der Waals surface area (Å²) in [6, 6.07) is 9.97. The molecule has 0 aliphatic carbocycles. The van der Waals surface area contributed by atoms with Crippen molar-refractivity contribution >= 4 is 0 Å². The summed E-state index contributed by atoms with van der Waals surface area (Å²) in [5, 5.41) is 0. The molecule has 1 aromatic rings. The van der Waals surface area contributed by atoms with E-state index in [-0.39, 0.29) is 0 Å². The maximum absolute atomic E-state index is 5.87. The summed E-state index contributed by atoms with van der Waals surface area (Å²) in [7, 11) is 0. The van der Waals surface area contributed by atoms with Gasteiger partial charge in [-0.05, 0) is 19.0 Å². The van der Waals surface area contributed by atoms with Crippen LogP contribution in [0.3, 0.4) is 0 Å². The predicted octanol–water partition coefficient (Wildman–Crippen LogP) is 1.23. The summed E-state index contributed by atoms with van der Waals surface area (Å²) >= 11 is 0. The summed E-state index contributed by atoms with van der Waals surface area (Å²) < 4.78 is 5.55. The Morgan fingerprint density at radius 1 is 1.29 bits per heavy atom. The Balaban J connectivity index is 2.40.